The number of carbonyl (C=O) groups is 1. The first kappa shape index (κ1) is 15.7. The molecular formula is C17H20N4O. The topological polar surface area (TPSA) is 68.7 Å². The van der Waals surface area contributed by atoms with Crippen molar-refractivity contribution in [3.63, 3.8) is 0 Å². The van der Waals surface area contributed by atoms with Crippen molar-refractivity contribution < 1.29 is 9.58 Å². The third-order valence-corrected chi connectivity index (χ3v) is 3.63. The monoisotopic (exact) mass is 296 g/mol. The Morgan fingerprint density at radius 3 is 2.50 bits per heavy atom. The van der Waals surface area contributed by atoms with Gasteiger partial charge in [0.25, 0.3) is 11.6 Å². The van der Waals surface area contributed by atoms with Gasteiger partial charge in [-0.2, -0.15) is 4.79 Å². The molecule has 22 heavy (non-hydrogen) atoms. The number of nitrogens with one attached hydrogen (secondary N) is 1. The molecular weight excluding hydrogens is 276 g/mol. The van der Waals surface area contributed by atoms with Crippen LogP contribution in [0.4, 0.5) is 0 Å². The molecule has 0 radical (unpaired) electrons. The Morgan fingerprint density at radius 2 is 1.91 bits per heavy atom. The Bertz CT molecular complexity index is 650. The molecule has 0 unspecified atom stereocenters. The first-order chi connectivity index (χ1) is 10.7. The average Bonchev–Trinajstić information content (AvgIpc) is 2.57. The quantitative estimate of drug-likeness (QED) is 0.670. The lowest BCUT2D eigenvalue weighted by atomic mass is 10.0. The van der Waals surface area contributed by atoms with Crippen molar-refractivity contribution in [2.75, 3.05) is 13.1 Å². The minimum Gasteiger partial charge on any atom is -0.371 e. The zero-order chi connectivity index (χ0) is 15.9. The van der Waals surface area contributed by atoms with E-state index in [0.29, 0.717) is 17.7 Å². The summed E-state index contributed by atoms with van der Waals surface area (Å²) in [5.74, 6) is -0.159. The van der Waals surface area contributed by atoms with Crippen LogP contribution in [0.15, 0.2) is 53.9 Å². The summed E-state index contributed by atoms with van der Waals surface area (Å²) in [5.41, 5.74) is 11.8. The Balaban J connectivity index is 2.31. The van der Waals surface area contributed by atoms with Gasteiger partial charge in [-0.15, -0.1) is 0 Å². The normalized spacial score (nSPS) is 13.8. The first-order valence-corrected chi connectivity index (χ1v) is 7.43. The van der Waals surface area contributed by atoms with Crippen LogP contribution < -0.4 is 5.32 Å². The zero-order valence-electron chi connectivity index (χ0n) is 12.9. The number of hydrogen-bond acceptors (Lipinski definition) is 2. The van der Waals surface area contributed by atoms with E-state index in [2.05, 4.69) is 28.9 Å². The Labute approximate surface area is 130 Å². The van der Waals surface area contributed by atoms with Crippen molar-refractivity contribution in [2.45, 2.75) is 20.3 Å². The highest BCUT2D eigenvalue weighted by atomic mass is 16.1. The van der Waals surface area contributed by atoms with Crippen molar-refractivity contribution in [3.05, 3.63) is 65.0 Å². The molecule has 0 heterocycles. The van der Waals surface area contributed by atoms with Crippen molar-refractivity contribution >= 4 is 11.6 Å². The lowest BCUT2D eigenvalue weighted by Gasteiger charge is -2.26. The minimum atomic E-state index is -0.159. The van der Waals surface area contributed by atoms with Crippen molar-refractivity contribution in [1.82, 2.24) is 10.2 Å². The summed E-state index contributed by atoms with van der Waals surface area (Å²) >= 11 is 0. The molecule has 0 saturated heterocycles. The largest absolute Gasteiger partial charge is 0.371 e. The van der Waals surface area contributed by atoms with Gasteiger partial charge in [0.1, 0.15) is 0 Å². The van der Waals surface area contributed by atoms with E-state index < -0.39 is 0 Å². The molecule has 1 aromatic rings. The molecule has 1 aliphatic rings. The molecule has 1 N–H and O–H groups in total. The molecule has 0 spiro atoms. The lowest BCUT2D eigenvalue weighted by Crippen LogP contribution is -2.32. The molecule has 0 fully saturated rings. The summed E-state index contributed by atoms with van der Waals surface area (Å²) < 4.78 is 0. The number of allylic oxidation sites excluding steroid dienone is 3. The fraction of sp³-hybridized carbons (Fsp3) is 0.294. The molecule has 0 aliphatic heterocycles. The van der Waals surface area contributed by atoms with Crippen molar-refractivity contribution in [1.29, 1.82) is 0 Å². The van der Waals surface area contributed by atoms with Crippen LogP contribution in [0.2, 0.25) is 0 Å². The molecule has 5 heteroatoms. The van der Waals surface area contributed by atoms with E-state index in [9.17, 15) is 4.79 Å². The standard InChI is InChI=1S/C17H20N4O/c1-3-21(4-2)16-11-10-14(20-18)12-15(16)19-17(22)13-8-6-5-7-9-13/h5-11H,3-4,12H2,1-2H3,(H,19,22). The highest BCUT2D eigenvalue weighted by Crippen LogP contribution is 2.19. The number of amides is 1. The second-order valence-corrected chi connectivity index (χ2v) is 4.96. The van der Waals surface area contributed by atoms with Crippen LogP contribution in [0.3, 0.4) is 0 Å². The van der Waals surface area contributed by atoms with Crippen LogP contribution in [0.1, 0.15) is 30.6 Å². The molecule has 114 valence electrons. The molecule has 0 atom stereocenters. The van der Waals surface area contributed by atoms with E-state index in [4.69, 9.17) is 5.53 Å². The Morgan fingerprint density at radius 1 is 1.23 bits per heavy atom. The van der Waals surface area contributed by atoms with Gasteiger partial charge in [-0.3, -0.25) is 4.79 Å². The second kappa shape index (κ2) is 7.38. The third kappa shape index (κ3) is 3.51. The van der Waals surface area contributed by atoms with Crippen LogP contribution in [0, 0.1) is 0 Å². The fourth-order valence-corrected chi connectivity index (χ4v) is 2.44. The van der Waals surface area contributed by atoms with E-state index in [-0.39, 0.29) is 5.91 Å². The van der Waals surface area contributed by atoms with Crippen LogP contribution in [-0.4, -0.2) is 34.4 Å². The van der Waals surface area contributed by atoms with Crippen LogP contribution >= 0.6 is 0 Å². The van der Waals surface area contributed by atoms with E-state index >= 15 is 0 Å². The molecule has 1 aromatic carbocycles. The number of nitrogens with zero attached hydrogens (tertiary/aromatic N) is 3. The maximum absolute atomic E-state index is 12.4. The van der Waals surface area contributed by atoms with Gasteiger partial charge in [0.05, 0.1) is 17.8 Å². The van der Waals surface area contributed by atoms with Gasteiger partial charge in [0.2, 0.25) is 0 Å². The van der Waals surface area contributed by atoms with E-state index in [1.165, 1.54) is 0 Å². The number of benzene rings is 1. The first-order valence-electron chi connectivity index (χ1n) is 7.43. The summed E-state index contributed by atoms with van der Waals surface area (Å²) in [6, 6.07) is 9.07. The number of hydrogen-bond donors (Lipinski definition) is 1. The maximum Gasteiger partial charge on any atom is 0.298 e. The SMILES string of the molecule is CCN(CC)C1=C(NC(=O)c2ccccc2)CC(=[N+]=[N-])C=C1. The number of carbonyl (C=O) groups excluding carboxylic acids is 1. The highest BCUT2D eigenvalue weighted by Gasteiger charge is 2.22. The van der Waals surface area contributed by atoms with Gasteiger partial charge < -0.3 is 15.7 Å². The molecule has 0 bridgehead atoms. The van der Waals surface area contributed by atoms with Gasteiger partial charge in [-0.1, -0.05) is 18.2 Å². The molecule has 1 aliphatic carbocycles. The van der Waals surface area contributed by atoms with E-state index in [1.54, 1.807) is 18.2 Å². The minimum absolute atomic E-state index is 0.159. The van der Waals surface area contributed by atoms with Crippen molar-refractivity contribution in [2.24, 2.45) is 0 Å². The van der Waals surface area contributed by atoms with Crippen LogP contribution in [0.5, 0.6) is 0 Å². The smallest absolute Gasteiger partial charge is 0.298 e. The highest BCUT2D eigenvalue weighted by molar-refractivity contribution is 5.98. The van der Waals surface area contributed by atoms with E-state index in [1.807, 2.05) is 24.3 Å². The van der Waals surface area contributed by atoms with Gasteiger partial charge in [0, 0.05) is 24.7 Å². The maximum atomic E-state index is 12.4. The molecule has 2 rings (SSSR count). The Kier molecular flexibility index (Phi) is 5.28. The second-order valence-electron chi connectivity index (χ2n) is 4.96. The number of likely N-dealkylation sites (N-methyl/N-ethyl adjacent to an activating group) is 1. The molecule has 0 aromatic heterocycles. The molecule has 5 nitrogen and oxygen atoms in total. The van der Waals surface area contributed by atoms with Gasteiger partial charge in [-0.05, 0) is 32.1 Å². The van der Waals surface area contributed by atoms with Crippen LogP contribution in [0.25, 0.3) is 5.53 Å². The summed E-state index contributed by atoms with van der Waals surface area (Å²) in [6.45, 7) is 5.81. The summed E-state index contributed by atoms with van der Waals surface area (Å²) in [5, 5.41) is 2.95. The Hall–Kier alpha value is -2.65. The number of rotatable bonds is 5. The van der Waals surface area contributed by atoms with Gasteiger partial charge in [0.15, 0.2) is 0 Å². The van der Waals surface area contributed by atoms with Crippen LogP contribution in [-0.2, 0) is 0 Å². The lowest BCUT2D eigenvalue weighted by molar-refractivity contribution is -0.00580. The van der Waals surface area contributed by atoms with Gasteiger partial charge in [-0.25, -0.2) is 0 Å². The van der Waals surface area contributed by atoms with E-state index in [0.717, 1.165) is 24.5 Å². The zero-order valence-corrected chi connectivity index (χ0v) is 12.9. The molecule has 1 amide bonds. The average molecular weight is 296 g/mol. The van der Waals surface area contributed by atoms with Crippen molar-refractivity contribution in [3.8, 4) is 0 Å². The fourth-order valence-electron chi connectivity index (χ4n) is 2.44. The molecule has 0 saturated carbocycles. The third-order valence-electron chi connectivity index (χ3n) is 3.63. The predicted molar refractivity (Wildman–Crippen MR) is 86.2 cm³/mol. The van der Waals surface area contributed by atoms with Gasteiger partial charge >= 0.3 is 0 Å². The summed E-state index contributed by atoms with van der Waals surface area (Å²) in [4.78, 5) is 17.8. The summed E-state index contributed by atoms with van der Waals surface area (Å²) in [7, 11) is 0. The predicted octanol–water partition coefficient (Wildman–Crippen LogP) is 2.60. The summed E-state index contributed by atoms with van der Waals surface area (Å²) in [6.07, 6.45) is 4.05.